The van der Waals surface area contributed by atoms with Crippen LogP contribution < -0.4 is 16.0 Å². The molecule has 0 fully saturated rings. The fraction of sp³-hybridized carbons (Fsp3) is 0.238. The number of anilines is 1. The Morgan fingerprint density at radius 1 is 1.11 bits per heavy atom. The number of fused-ring (bicyclic) bond motifs is 1. The highest BCUT2D eigenvalue weighted by atomic mass is 35.5. The maximum atomic E-state index is 12.0. The normalized spacial score (nSPS) is 11.8. The summed E-state index contributed by atoms with van der Waals surface area (Å²) in [4.78, 5) is 23.9. The van der Waals surface area contributed by atoms with Crippen molar-refractivity contribution in [3.8, 4) is 0 Å². The van der Waals surface area contributed by atoms with E-state index in [-0.39, 0.29) is 18.0 Å². The Bertz CT molecular complexity index is 920. The monoisotopic (exact) mass is 399 g/mol. The summed E-state index contributed by atoms with van der Waals surface area (Å²) in [6.07, 6.45) is 0.841. The molecule has 0 radical (unpaired) electrons. The van der Waals surface area contributed by atoms with Crippen molar-refractivity contribution < 1.29 is 14.0 Å². The number of nitrogens with one attached hydrogen (secondary N) is 3. The molecule has 7 heteroatoms. The van der Waals surface area contributed by atoms with Gasteiger partial charge < -0.3 is 20.4 Å². The highest BCUT2D eigenvalue weighted by molar-refractivity contribution is 6.30. The van der Waals surface area contributed by atoms with Crippen LogP contribution in [-0.2, 0) is 4.79 Å². The largest absolute Gasteiger partial charge is 0.459 e. The standard InChI is InChI=1S/C21H22ClN3O3/c1-14(19-13-15-5-2-3-6-18(15)28-19)24-21(27)23-12-4-7-20(26)25-17-10-8-16(22)9-11-17/h2-3,5-6,8-11,13-14H,4,7,12H2,1H3,(H,25,26)(H2,23,24,27). The number of hydrogen-bond donors (Lipinski definition) is 3. The van der Waals surface area contributed by atoms with Gasteiger partial charge in [-0.15, -0.1) is 0 Å². The van der Waals surface area contributed by atoms with Gasteiger partial charge in [0, 0.05) is 29.1 Å². The minimum atomic E-state index is -0.300. The van der Waals surface area contributed by atoms with Crippen molar-refractivity contribution in [1.82, 2.24) is 10.6 Å². The molecule has 3 aromatic rings. The molecule has 146 valence electrons. The van der Waals surface area contributed by atoms with Crippen molar-refractivity contribution in [2.24, 2.45) is 0 Å². The molecule has 3 N–H and O–H groups in total. The van der Waals surface area contributed by atoms with Crippen LogP contribution in [-0.4, -0.2) is 18.5 Å². The van der Waals surface area contributed by atoms with E-state index in [1.165, 1.54) is 0 Å². The topological polar surface area (TPSA) is 83.4 Å². The summed E-state index contributed by atoms with van der Waals surface area (Å²) in [6.45, 7) is 2.25. The number of hydrogen-bond acceptors (Lipinski definition) is 3. The number of furan rings is 1. The second-order valence-corrected chi connectivity index (χ2v) is 6.90. The predicted molar refractivity (Wildman–Crippen MR) is 110 cm³/mol. The molecule has 1 atom stereocenters. The van der Waals surface area contributed by atoms with Gasteiger partial charge in [0.05, 0.1) is 6.04 Å². The number of carbonyl (C=O) groups excluding carboxylic acids is 2. The molecule has 6 nitrogen and oxygen atoms in total. The minimum absolute atomic E-state index is 0.111. The Morgan fingerprint density at radius 3 is 2.61 bits per heavy atom. The van der Waals surface area contributed by atoms with Crippen LogP contribution in [0.25, 0.3) is 11.0 Å². The van der Waals surface area contributed by atoms with Gasteiger partial charge in [-0.05, 0) is 49.7 Å². The first-order valence-electron chi connectivity index (χ1n) is 9.09. The first kappa shape index (κ1) is 19.8. The number of carbonyl (C=O) groups is 2. The van der Waals surface area contributed by atoms with E-state index >= 15 is 0 Å². The summed E-state index contributed by atoms with van der Waals surface area (Å²) in [5.74, 6) is 0.582. The summed E-state index contributed by atoms with van der Waals surface area (Å²) >= 11 is 5.81. The van der Waals surface area contributed by atoms with Gasteiger partial charge in [0.15, 0.2) is 0 Å². The van der Waals surface area contributed by atoms with Gasteiger partial charge in [0.25, 0.3) is 0 Å². The highest BCUT2D eigenvalue weighted by Crippen LogP contribution is 2.23. The SMILES string of the molecule is CC(NC(=O)NCCCC(=O)Nc1ccc(Cl)cc1)c1cc2ccccc2o1. The van der Waals surface area contributed by atoms with Gasteiger partial charge in [-0.1, -0.05) is 29.8 Å². The zero-order valence-electron chi connectivity index (χ0n) is 15.5. The van der Waals surface area contributed by atoms with Gasteiger partial charge in [-0.3, -0.25) is 4.79 Å². The highest BCUT2D eigenvalue weighted by Gasteiger charge is 2.14. The van der Waals surface area contributed by atoms with E-state index in [0.29, 0.717) is 35.9 Å². The lowest BCUT2D eigenvalue weighted by atomic mass is 10.2. The fourth-order valence-corrected chi connectivity index (χ4v) is 2.87. The van der Waals surface area contributed by atoms with Crippen LogP contribution in [0.2, 0.25) is 5.02 Å². The lowest BCUT2D eigenvalue weighted by Gasteiger charge is -2.12. The molecular weight excluding hydrogens is 378 g/mol. The Balaban J connectivity index is 1.37. The molecule has 0 bridgehead atoms. The van der Waals surface area contributed by atoms with Crippen LogP contribution in [0.5, 0.6) is 0 Å². The van der Waals surface area contributed by atoms with Gasteiger partial charge in [-0.2, -0.15) is 0 Å². The van der Waals surface area contributed by atoms with Crippen LogP contribution in [0.3, 0.4) is 0 Å². The average Bonchev–Trinajstić information content (AvgIpc) is 3.11. The molecule has 1 heterocycles. The van der Waals surface area contributed by atoms with Crippen molar-refractivity contribution in [2.45, 2.75) is 25.8 Å². The molecule has 0 saturated heterocycles. The third-order valence-corrected chi connectivity index (χ3v) is 4.47. The van der Waals surface area contributed by atoms with Crippen molar-refractivity contribution in [2.75, 3.05) is 11.9 Å². The molecular formula is C21H22ClN3O3. The average molecular weight is 400 g/mol. The molecule has 3 amide bonds. The zero-order valence-corrected chi connectivity index (χ0v) is 16.3. The summed E-state index contributed by atoms with van der Waals surface area (Å²) in [5, 5.41) is 9.99. The Hall–Kier alpha value is -2.99. The Labute approximate surface area is 168 Å². The van der Waals surface area contributed by atoms with Crippen LogP contribution in [0, 0.1) is 0 Å². The lowest BCUT2D eigenvalue weighted by Crippen LogP contribution is -2.37. The van der Waals surface area contributed by atoms with E-state index in [9.17, 15) is 9.59 Å². The van der Waals surface area contributed by atoms with E-state index in [0.717, 1.165) is 11.0 Å². The predicted octanol–water partition coefficient (Wildman–Crippen LogP) is 4.87. The molecule has 3 rings (SSSR count). The molecule has 0 aliphatic rings. The van der Waals surface area contributed by atoms with Crippen LogP contribution >= 0.6 is 11.6 Å². The number of urea groups is 1. The lowest BCUT2D eigenvalue weighted by molar-refractivity contribution is -0.116. The minimum Gasteiger partial charge on any atom is -0.459 e. The second-order valence-electron chi connectivity index (χ2n) is 6.47. The number of benzene rings is 2. The van der Waals surface area contributed by atoms with E-state index in [2.05, 4.69) is 16.0 Å². The maximum absolute atomic E-state index is 12.0. The number of para-hydroxylation sites is 1. The third-order valence-electron chi connectivity index (χ3n) is 4.21. The second kappa shape index (κ2) is 9.28. The third kappa shape index (κ3) is 5.50. The van der Waals surface area contributed by atoms with Gasteiger partial charge in [0.1, 0.15) is 11.3 Å². The van der Waals surface area contributed by atoms with Gasteiger partial charge in [0.2, 0.25) is 5.91 Å². The summed E-state index contributed by atoms with van der Waals surface area (Å²) in [6, 6.07) is 16.0. The van der Waals surface area contributed by atoms with E-state index in [1.807, 2.05) is 37.3 Å². The molecule has 1 unspecified atom stereocenters. The number of halogens is 1. The van der Waals surface area contributed by atoms with Crippen LogP contribution in [0.15, 0.2) is 59.0 Å². The van der Waals surface area contributed by atoms with Gasteiger partial charge in [-0.25, -0.2) is 4.79 Å². The smallest absolute Gasteiger partial charge is 0.315 e. The van der Waals surface area contributed by atoms with E-state index in [4.69, 9.17) is 16.0 Å². The first-order valence-corrected chi connectivity index (χ1v) is 9.47. The van der Waals surface area contributed by atoms with Crippen LogP contribution in [0.4, 0.5) is 10.5 Å². The van der Waals surface area contributed by atoms with E-state index < -0.39 is 0 Å². The summed E-state index contributed by atoms with van der Waals surface area (Å²) in [7, 11) is 0. The van der Waals surface area contributed by atoms with Crippen molar-refractivity contribution in [3.05, 3.63) is 65.4 Å². The molecule has 28 heavy (non-hydrogen) atoms. The molecule has 0 aliphatic heterocycles. The van der Waals surface area contributed by atoms with Crippen LogP contribution in [0.1, 0.15) is 31.6 Å². The first-order chi connectivity index (χ1) is 13.5. The maximum Gasteiger partial charge on any atom is 0.315 e. The molecule has 0 aliphatic carbocycles. The molecule has 2 aromatic carbocycles. The number of rotatable bonds is 7. The van der Waals surface area contributed by atoms with E-state index in [1.54, 1.807) is 24.3 Å². The fourth-order valence-electron chi connectivity index (χ4n) is 2.74. The quantitative estimate of drug-likeness (QED) is 0.496. The number of amides is 3. The van der Waals surface area contributed by atoms with Crippen molar-refractivity contribution >= 4 is 40.2 Å². The Morgan fingerprint density at radius 2 is 1.86 bits per heavy atom. The Kier molecular flexibility index (Phi) is 6.55. The summed E-state index contributed by atoms with van der Waals surface area (Å²) < 4.78 is 5.75. The molecule has 0 saturated carbocycles. The van der Waals surface area contributed by atoms with Gasteiger partial charge >= 0.3 is 6.03 Å². The van der Waals surface area contributed by atoms with Crippen molar-refractivity contribution in [3.63, 3.8) is 0 Å². The zero-order chi connectivity index (χ0) is 19.9. The molecule has 1 aromatic heterocycles. The van der Waals surface area contributed by atoms with Crippen molar-refractivity contribution in [1.29, 1.82) is 0 Å². The molecule has 0 spiro atoms. The summed E-state index contributed by atoms with van der Waals surface area (Å²) in [5.41, 5.74) is 1.48.